The van der Waals surface area contributed by atoms with Crippen molar-refractivity contribution < 1.29 is 0 Å². The van der Waals surface area contributed by atoms with Crippen molar-refractivity contribution in [2.24, 2.45) is 0 Å². The van der Waals surface area contributed by atoms with Gasteiger partial charge in [0, 0.05) is 11.4 Å². The molecule has 0 bridgehead atoms. The maximum Gasteiger partial charge on any atom is 0.115 e. The molecule has 0 amide bonds. The van der Waals surface area contributed by atoms with Crippen LogP contribution in [0.3, 0.4) is 0 Å². The molecule has 1 heterocycles. The van der Waals surface area contributed by atoms with Crippen LogP contribution in [0.2, 0.25) is 0 Å². The van der Waals surface area contributed by atoms with E-state index in [-0.39, 0.29) is 0 Å². The molecule has 1 aromatic rings. The van der Waals surface area contributed by atoms with Crippen LogP contribution in [0.1, 0.15) is 62.4 Å². The molecule has 0 fully saturated rings. The van der Waals surface area contributed by atoms with Crippen molar-refractivity contribution in [3.05, 3.63) is 23.3 Å². The maximum absolute atomic E-state index is 4.45. The summed E-state index contributed by atoms with van der Waals surface area (Å²) >= 11 is 0. The topological polar surface area (TPSA) is 25.8 Å². The molecule has 0 unspecified atom stereocenters. The Labute approximate surface area is 92.1 Å². The lowest BCUT2D eigenvalue weighted by atomic mass is 9.93. The van der Waals surface area contributed by atoms with Gasteiger partial charge in [0.1, 0.15) is 6.33 Å². The number of aromatic nitrogens is 2. The zero-order chi connectivity index (χ0) is 10.7. The van der Waals surface area contributed by atoms with E-state index in [0.29, 0.717) is 5.92 Å². The van der Waals surface area contributed by atoms with Gasteiger partial charge in [-0.1, -0.05) is 26.7 Å². The highest BCUT2D eigenvalue weighted by Gasteiger charge is 2.14. The third-order valence-corrected chi connectivity index (χ3v) is 3.21. The molecule has 0 atom stereocenters. The largest absolute Gasteiger partial charge is 0.241 e. The van der Waals surface area contributed by atoms with Crippen LogP contribution in [-0.4, -0.2) is 9.97 Å². The van der Waals surface area contributed by atoms with Gasteiger partial charge < -0.3 is 0 Å². The van der Waals surface area contributed by atoms with Gasteiger partial charge in [-0.3, -0.25) is 0 Å². The van der Waals surface area contributed by atoms with Crippen LogP contribution in [0.15, 0.2) is 6.33 Å². The fraction of sp³-hybridized carbons (Fsp3) is 0.692. The summed E-state index contributed by atoms with van der Waals surface area (Å²) in [6, 6.07) is 0. The Kier molecular flexibility index (Phi) is 3.34. The molecule has 0 spiro atoms. The Morgan fingerprint density at radius 3 is 2.47 bits per heavy atom. The van der Waals surface area contributed by atoms with E-state index < -0.39 is 0 Å². The van der Waals surface area contributed by atoms with E-state index in [1.165, 1.54) is 49.1 Å². The summed E-state index contributed by atoms with van der Waals surface area (Å²) < 4.78 is 0. The predicted molar refractivity (Wildman–Crippen MR) is 62.0 cm³/mol. The van der Waals surface area contributed by atoms with Crippen LogP contribution in [0, 0.1) is 0 Å². The first kappa shape index (κ1) is 10.6. The number of rotatable bonds is 1. The van der Waals surface area contributed by atoms with Crippen LogP contribution < -0.4 is 0 Å². The number of hydrogen-bond donors (Lipinski definition) is 0. The second-order valence-corrected chi connectivity index (χ2v) is 4.75. The molecule has 82 valence electrons. The van der Waals surface area contributed by atoms with Crippen LogP contribution >= 0.6 is 0 Å². The van der Waals surface area contributed by atoms with E-state index in [4.69, 9.17) is 0 Å². The highest BCUT2D eigenvalue weighted by molar-refractivity contribution is 5.27. The standard InChI is InChI=1S/C13H20N2/c1-10(2)13-11-7-5-3-4-6-8-12(11)14-9-15-13/h9-10H,3-8H2,1-2H3. The predicted octanol–water partition coefficient (Wildman–Crippen LogP) is 3.26. The van der Waals surface area contributed by atoms with Gasteiger partial charge >= 0.3 is 0 Å². The molecule has 2 nitrogen and oxygen atoms in total. The van der Waals surface area contributed by atoms with E-state index >= 15 is 0 Å². The summed E-state index contributed by atoms with van der Waals surface area (Å²) in [7, 11) is 0. The fourth-order valence-electron chi connectivity index (χ4n) is 2.40. The Morgan fingerprint density at radius 1 is 1.00 bits per heavy atom. The van der Waals surface area contributed by atoms with E-state index in [0.717, 1.165) is 6.42 Å². The number of aryl methyl sites for hydroxylation is 1. The Bertz CT molecular complexity index is 331. The second kappa shape index (κ2) is 4.73. The number of nitrogens with zero attached hydrogens (tertiary/aromatic N) is 2. The Morgan fingerprint density at radius 2 is 1.73 bits per heavy atom. The minimum absolute atomic E-state index is 0.529. The lowest BCUT2D eigenvalue weighted by molar-refractivity contribution is 0.597. The lowest BCUT2D eigenvalue weighted by Gasteiger charge is -2.17. The molecule has 0 radical (unpaired) electrons. The summed E-state index contributed by atoms with van der Waals surface area (Å²) in [6.07, 6.45) is 9.41. The lowest BCUT2D eigenvalue weighted by Crippen LogP contribution is -2.09. The first-order valence-corrected chi connectivity index (χ1v) is 6.11. The second-order valence-electron chi connectivity index (χ2n) is 4.75. The molecule has 2 rings (SSSR count). The van der Waals surface area contributed by atoms with Crippen molar-refractivity contribution in [3.63, 3.8) is 0 Å². The molecular weight excluding hydrogens is 184 g/mol. The summed E-state index contributed by atoms with van der Waals surface area (Å²) in [6.45, 7) is 4.45. The smallest absolute Gasteiger partial charge is 0.115 e. The zero-order valence-corrected chi connectivity index (χ0v) is 9.79. The highest BCUT2D eigenvalue weighted by atomic mass is 14.8. The molecule has 0 saturated carbocycles. The number of fused-ring (bicyclic) bond motifs is 1. The third kappa shape index (κ3) is 2.36. The molecule has 0 aliphatic heterocycles. The summed E-state index contributed by atoms with van der Waals surface area (Å²) in [4.78, 5) is 8.91. The van der Waals surface area contributed by atoms with Gasteiger partial charge in [0.05, 0.1) is 0 Å². The molecule has 0 aromatic carbocycles. The van der Waals surface area contributed by atoms with Gasteiger partial charge in [0.15, 0.2) is 0 Å². The molecule has 1 aliphatic carbocycles. The van der Waals surface area contributed by atoms with Crippen molar-refractivity contribution in [2.45, 2.75) is 58.3 Å². The van der Waals surface area contributed by atoms with E-state index in [2.05, 4.69) is 23.8 Å². The van der Waals surface area contributed by atoms with Gasteiger partial charge in [-0.05, 0) is 37.2 Å². The Balaban J connectivity index is 2.37. The zero-order valence-electron chi connectivity index (χ0n) is 9.79. The monoisotopic (exact) mass is 204 g/mol. The molecule has 0 saturated heterocycles. The van der Waals surface area contributed by atoms with E-state index in [1.54, 1.807) is 6.33 Å². The average Bonchev–Trinajstić information content (AvgIpc) is 2.17. The molecule has 1 aromatic heterocycles. The quantitative estimate of drug-likeness (QED) is 0.701. The van der Waals surface area contributed by atoms with Crippen molar-refractivity contribution in [1.29, 1.82) is 0 Å². The van der Waals surface area contributed by atoms with Gasteiger partial charge in [-0.15, -0.1) is 0 Å². The van der Waals surface area contributed by atoms with Crippen molar-refractivity contribution in [2.75, 3.05) is 0 Å². The first-order valence-electron chi connectivity index (χ1n) is 6.11. The first-order chi connectivity index (χ1) is 7.29. The minimum atomic E-state index is 0.529. The van der Waals surface area contributed by atoms with Crippen molar-refractivity contribution in [3.8, 4) is 0 Å². The van der Waals surface area contributed by atoms with Crippen molar-refractivity contribution >= 4 is 0 Å². The molecular formula is C13H20N2. The summed E-state index contributed by atoms with van der Waals surface area (Å²) in [5, 5.41) is 0. The molecule has 1 aliphatic rings. The van der Waals surface area contributed by atoms with E-state index in [9.17, 15) is 0 Å². The SMILES string of the molecule is CC(C)c1ncnc2c1CCCCCC2. The molecule has 0 N–H and O–H groups in total. The molecule has 15 heavy (non-hydrogen) atoms. The maximum atomic E-state index is 4.45. The van der Waals surface area contributed by atoms with Gasteiger partial charge in [0.25, 0.3) is 0 Å². The third-order valence-electron chi connectivity index (χ3n) is 3.21. The fourth-order valence-corrected chi connectivity index (χ4v) is 2.40. The summed E-state index contributed by atoms with van der Waals surface area (Å²) in [5.74, 6) is 0.529. The molecule has 2 heteroatoms. The Hall–Kier alpha value is -0.920. The number of hydrogen-bond acceptors (Lipinski definition) is 2. The highest BCUT2D eigenvalue weighted by Crippen LogP contribution is 2.24. The van der Waals surface area contributed by atoms with Crippen LogP contribution in [0.25, 0.3) is 0 Å². The van der Waals surface area contributed by atoms with Crippen LogP contribution in [0.4, 0.5) is 0 Å². The summed E-state index contributed by atoms with van der Waals surface area (Å²) in [5.41, 5.74) is 4.04. The van der Waals surface area contributed by atoms with Crippen LogP contribution in [-0.2, 0) is 12.8 Å². The van der Waals surface area contributed by atoms with Gasteiger partial charge in [-0.2, -0.15) is 0 Å². The van der Waals surface area contributed by atoms with Gasteiger partial charge in [0.2, 0.25) is 0 Å². The van der Waals surface area contributed by atoms with Gasteiger partial charge in [-0.25, -0.2) is 9.97 Å². The van der Waals surface area contributed by atoms with Crippen LogP contribution in [0.5, 0.6) is 0 Å². The average molecular weight is 204 g/mol. The normalized spacial score (nSPS) is 17.0. The van der Waals surface area contributed by atoms with E-state index in [1.807, 2.05) is 0 Å². The minimum Gasteiger partial charge on any atom is -0.241 e. The van der Waals surface area contributed by atoms with Crippen molar-refractivity contribution in [1.82, 2.24) is 9.97 Å².